The highest BCUT2D eigenvalue weighted by atomic mass is 19.4. The van der Waals surface area contributed by atoms with Crippen LogP contribution >= 0.6 is 0 Å². The van der Waals surface area contributed by atoms with Gasteiger partial charge >= 0.3 is 6.18 Å². The van der Waals surface area contributed by atoms with Crippen LogP contribution in [0.5, 0.6) is 11.5 Å². The molecule has 0 spiro atoms. The van der Waals surface area contributed by atoms with Crippen molar-refractivity contribution in [3.63, 3.8) is 0 Å². The van der Waals surface area contributed by atoms with Gasteiger partial charge in [0, 0.05) is 12.1 Å². The third-order valence-electron chi connectivity index (χ3n) is 5.51. The van der Waals surface area contributed by atoms with Crippen molar-refractivity contribution in [1.29, 1.82) is 0 Å². The maximum absolute atomic E-state index is 13.3. The molecule has 0 bridgehead atoms. The van der Waals surface area contributed by atoms with E-state index in [-0.39, 0.29) is 12.2 Å². The number of rotatable bonds is 8. The predicted octanol–water partition coefficient (Wildman–Crippen LogP) is 4.26. The SMILES string of the molecule is Nc1cccc(Oc2ccc(/C=C(\NC(=O)CCC3CCCC3)C(=O)[O-])cc2)c1C(F)(F)F. The number of carbonyl (C=O) groups is 2. The molecular formula is C24H24F3N2O4-. The maximum Gasteiger partial charge on any atom is 0.421 e. The van der Waals surface area contributed by atoms with Crippen LogP contribution in [-0.4, -0.2) is 11.9 Å². The van der Waals surface area contributed by atoms with Gasteiger partial charge < -0.3 is 25.7 Å². The molecule has 1 amide bonds. The lowest BCUT2D eigenvalue weighted by atomic mass is 10.0. The first-order valence-corrected chi connectivity index (χ1v) is 10.6. The molecule has 1 aliphatic rings. The zero-order valence-electron chi connectivity index (χ0n) is 17.8. The number of anilines is 1. The Morgan fingerprint density at radius 2 is 1.79 bits per heavy atom. The smallest absolute Gasteiger partial charge is 0.421 e. The number of benzene rings is 2. The van der Waals surface area contributed by atoms with Crippen molar-refractivity contribution in [1.82, 2.24) is 5.32 Å². The van der Waals surface area contributed by atoms with Gasteiger partial charge in [-0.1, -0.05) is 43.9 Å². The topological polar surface area (TPSA) is 104 Å². The minimum absolute atomic E-state index is 0.0962. The molecule has 0 atom stereocenters. The highest BCUT2D eigenvalue weighted by molar-refractivity contribution is 5.95. The van der Waals surface area contributed by atoms with Gasteiger partial charge in [-0.05, 0) is 48.2 Å². The average molecular weight is 461 g/mol. The standard InChI is InChI=1S/C24H25F3N2O4/c25-24(26,27)22-18(28)6-3-7-20(22)33-17-11-8-16(9-12-17)14-19(23(31)32)29-21(30)13-10-15-4-1-2-5-15/h3,6-9,11-12,14-15H,1-2,4-5,10,13,28H2,(H,29,30)(H,31,32)/p-1/b19-14-. The van der Waals surface area contributed by atoms with Crippen molar-refractivity contribution in [3.05, 3.63) is 59.3 Å². The maximum atomic E-state index is 13.3. The summed E-state index contributed by atoms with van der Waals surface area (Å²) in [5.41, 5.74) is 3.93. The van der Waals surface area contributed by atoms with Crippen molar-refractivity contribution in [2.75, 3.05) is 5.73 Å². The normalized spacial score (nSPS) is 14.8. The average Bonchev–Trinajstić information content (AvgIpc) is 3.26. The Kier molecular flexibility index (Phi) is 7.63. The third-order valence-corrected chi connectivity index (χ3v) is 5.51. The molecule has 9 heteroatoms. The van der Waals surface area contributed by atoms with Gasteiger partial charge in [0.05, 0.1) is 11.7 Å². The molecule has 3 rings (SSSR count). The second-order valence-electron chi connectivity index (χ2n) is 7.97. The molecule has 1 saturated carbocycles. The molecule has 0 saturated heterocycles. The van der Waals surface area contributed by atoms with Crippen molar-refractivity contribution >= 4 is 23.6 Å². The number of amides is 1. The van der Waals surface area contributed by atoms with E-state index in [0.29, 0.717) is 17.9 Å². The highest BCUT2D eigenvalue weighted by Gasteiger charge is 2.36. The Balaban J connectivity index is 1.68. The van der Waals surface area contributed by atoms with Gasteiger partial charge in [-0.3, -0.25) is 4.79 Å². The van der Waals surface area contributed by atoms with E-state index in [4.69, 9.17) is 10.5 Å². The fourth-order valence-corrected chi connectivity index (χ4v) is 3.86. The molecular weight excluding hydrogens is 437 g/mol. The summed E-state index contributed by atoms with van der Waals surface area (Å²) in [6, 6.07) is 9.28. The molecule has 0 aromatic heterocycles. The minimum Gasteiger partial charge on any atom is -0.543 e. The summed E-state index contributed by atoms with van der Waals surface area (Å²) in [6.45, 7) is 0. The number of carboxylic acid groups (broad SMARTS) is 1. The van der Waals surface area contributed by atoms with Crippen LogP contribution in [0.3, 0.4) is 0 Å². The van der Waals surface area contributed by atoms with Crippen LogP contribution in [0.1, 0.15) is 49.7 Å². The van der Waals surface area contributed by atoms with Crippen LogP contribution in [0, 0.1) is 5.92 Å². The molecule has 3 N–H and O–H groups in total. The number of alkyl halides is 3. The van der Waals surface area contributed by atoms with Gasteiger partial charge in [-0.2, -0.15) is 13.2 Å². The summed E-state index contributed by atoms with van der Waals surface area (Å²) in [4.78, 5) is 23.6. The van der Waals surface area contributed by atoms with Crippen LogP contribution in [-0.2, 0) is 15.8 Å². The summed E-state index contributed by atoms with van der Waals surface area (Å²) in [5, 5.41) is 13.8. The Hall–Kier alpha value is -3.49. The number of nitrogens with two attached hydrogens (primary N) is 1. The molecule has 1 aliphatic carbocycles. The van der Waals surface area contributed by atoms with E-state index in [1.54, 1.807) is 0 Å². The highest BCUT2D eigenvalue weighted by Crippen LogP contribution is 2.41. The number of ether oxygens (including phenoxy) is 1. The van der Waals surface area contributed by atoms with Gasteiger partial charge in [0.2, 0.25) is 5.91 Å². The van der Waals surface area contributed by atoms with E-state index in [0.717, 1.165) is 37.8 Å². The van der Waals surface area contributed by atoms with Crippen LogP contribution in [0.4, 0.5) is 18.9 Å². The summed E-state index contributed by atoms with van der Waals surface area (Å²) >= 11 is 0. The molecule has 0 heterocycles. The summed E-state index contributed by atoms with van der Waals surface area (Å²) in [7, 11) is 0. The quantitative estimate of drug-likeness (QED) is 0.452. The van der Waals surface area contributed by atoms with Crippen LogP contribution in [0.15, 0.2) is 48.2 Å². The van der Waals surface area contributed by atoms with Gasteiger partial charge in [-0.25, -0.2) is 0 Å². The van der Waals surface area contributed by atoms with Crippen molar-refractivity contribution < 1.29 is 32.6 Å². The Labute approximate surface area is 189 Å². The molecule has 33 heavy (non-hydrogen) atoms. The fourth-order valence-electron chi connectivity index (χ4n) is 3.86. The number of carbonyl (C=O) groups excluding carboxylic acids is 2. The Morgan fingerprint density at radius 3 is 2.39 bits per heavy atom. The van der Waals surface area contributed by atoms with Crippen LogP contribution in [0.25, 0.3) is 6.08 Å². The van der Waals surface area contributed by atoms with E-state index in [2.05, 4.69) is 5.32 Å². The first-order chi connectivity index (χ1) is 15.6. The van der Waals surface area contributed by atoms with E-state index < -0.39 is 40.8 Å². The number of hydrogen-bond acceptors (Lipinski definition) is 5. The van der Waals surface area contributed by atoms with Crippen molar-refractivity contribution in [2.24, 2.45) is 5.92 Å². The number of carboxylic acids is 1. The fraction of sp³-hybridized carbons (Fsp3) is 0.333. The molecule has 1 fully saturated rings. The number of nitrogen functional groups attached to an aromatic ring is 1. The lowest BCUT2D eigenvalue weighted by Gasteiger charge is -2.16. The monoisotopic (exact) mass is 461 g/mol. The first kappa shape index (κ1) is 24.2. The molecule has 0 aliphatic heterocycles. The van der Waals surface area contributed by atoms with Gasteiger partial charge in [0.15, 0.2) is 0 Å². The number of aliphatic carboxylic acids is 1. The summed E-state index contributed by atoms with van der Waals surface area (Å²) in [5.74, 6) is -1.80. The second-order valence-corrected chi connectivity index (χ2v) is 7.97. The third kappa shape index (κ3) is 6.74. The zero-order chi connectivity index (χ0) is 24.0. The molecule has 6 nitrogen and oxygen atoms in total. The van der Waals surface area contributed by atoms with Crippen molar-refractivity contribution in [2.45, 2.75) is 44.7 Å². The van der Waals surface area contributed by atoms with E-state index in [1.165, 1.54) is 36.4 Å². The van der Waals surface area contributed by atoms with Crippen LogP contribution < -0.4 is 20.9 Å². The molecule has 176 valence electrons. The number of nitrogens with one attached hydrogen (secondary N) is 1. The summed E-state index contributed by atoms with van der Waals surface area (Å²) in [6.07, 6.45) is 1.95. The molecule has 0 radical (unpaired) electrons. The Morgan fingerprint density at radius 1 is 1.12 bits per heavy atom. The predicted molar refractivity (Wildman–Crippen MR) is 115 cm³/mol. The van der Waals surface area contributed by atoms with Gasteiger partial charge in [-0.15, -0.1) is 0 Å². The van der Waals surface area contributed by atoms with E-state index in [9.17, 15) is 27.9 Å². The second kappa shape index (κ2) is 10.4. The lowest BCUT2D eigenvalue weighted by molar-refractivity contribution is -0.299. The Bertz CT molecular complexity index is 1030. The number of hydrogen-bond donors (Lipinski definition) is 2. The van der Waals surface area contributed by atoms with E-state index in [1.807, 2.05) is 0 Å². The summed E-state index contributed by atoms with van der Waals surface area (Å²) < 4.78 is 45.2. The first-order valence-electron chi connectivity index (χ1n) is 10.6. The zero-order valence-corrected chi connectivity index (χ0v) is 17.8. The molecule has 2 aromatic carbocycles. The van der Waals surface area contributed by atoms with E-state index >= 15 is 0 Å². The minimum atomic E-state index is -4.69. The van der Waals surface area contributed by atoms with Crippen molar-refractivity contribution in [3.8, 4) is 11.5 Å². The number of halogens is 3. The largest absolute Gasteiger partial charge is 0.543 e. The molecule has 0 unspecified atom stereocenters. The molecule has 2 aromatic rings. The lowest BCUT2D eigenvalue weighted by Crippen LogP contribution is -2.35. The van der Waals surface area contributed by atoms with Gasteiger partial charge in [0.25, 0.3) is 0 Å². The van der Waals surface area contributed by atoms with Gasteiger partial charge in [0.1, 0.15) is 17.1 Å². The van der Waals surface area contributed by atoms with Crippen LogP contribution in [0.2, 0.25) is 0 Å².